The zero-order valence-electron chi connectivity index (χ0n) is 7.59. The van der Waals surface area contributed by atoms with Gasteiger partial charge in [-0.15, -0.1) is 0 Å². The van der Waals surface area contributed by atoms with E-state index in [1.165, 1.54) is 0 Å². The van der Waals surface area contributed by atoms with Gasteiger partial charge in [0.25, 0.3) is 5.56 Å². The lowest BCUT2D eigenvalue weighted by molar-refractivity contribution is 1.12. The minimum Gasteiger partial charge on any atom is -0.319 e. The molecular formula is C10H10N2O. The van der Waals surface area contributed by atoms with E-state index in [4.69, 9.17) is 0 Å². The molecule has 0 unspecified atom stereocenters. The zero-order valence-corrected chi connectivity index (χ0v) is 7.59. The van der Waals surface area contributed by atoms with Crippen LogP contribution in [0.3, 0.4) is 0 Å². The van der Waals surface area contributed by atoms with Gasteiger partial charge in [0.1, 0.15) is 5.69 Å². The lowest BCUT2D eigenvalue weighted by Gasteiger charge is -2.00. The van der Waals surface area contributed by atoms with Crippen LogP contribution < -0.4 is 5.56 Å². The molecule has 2 rings (SSSR count). The van der Waals surface area contributed by atoms with Crippen LogP contribution >= 0.6 is 0 Å². The summed E-state index contributed by atoms with van der Waals surface area (Å²) in [7, 11) is 0. The maximum atomic E-state index is 11.3. The second-order valence-electron chi connectivity index (χ2n) is 3.12. The van der Waals surface area contributed by atoms with E-state index in [2.05, 4.69) is 9.97 Å². The molecule has 66 valence electrons. The Hall–Kier alpha value is -1.64. The summed E-state index contributed by atoms with van der Waals surface area (Å²) in [5, 5.41) is 0. The van der Waals surface area contributed by atoms with Crippen LogP contribution in [0.4, 0.5) is 0 Å². The zero-order chi connectivity index (χ0) is 9.42. The number of aromatic nitrogens is 2. The number of benzene rings is 1. The van der Waals surface area contributed by atoms with E-state index in [1.54, 1.807) is 6.92 Å². The average Bonchev–Trinajstić information content (AvgIpc) is 2.09. The summed E-state index contributed by atoms with van der Waals surface area (Å²) >= 11 is 0. The molecule has 0 saturated heterocycles. The molecule has 1 N–H and O–H groups in total. The number of para-hydroxylation sites is 1. The molecule has 0 spiro atoms. The van der Waals surface area contributed by atoms with Crippen molar-refractivity contribution in [2.45, 2.75) is 13.8 Å². The second kappa shape index (κ2) is 2.69. The number of nitrogens with zero attached hydrogens (tertiary/aromatic N) is 1. The molecule has 2 aromatic rings. The fraction of sp³-hybridized carbons (Fsp3) is 0.200. The molecule has 0 aliphatic carbocycles. The van der Waals surface area contributed by atoms with Crippen molar-refractivity contribution in [3.8, 4) is 0 Å². The number of fused-ring (bicyclic) bond motifs is 1. The summed E-state index contributed by atoms with van der Waals surface area (Å²) in [6, 6.07) is 5.78. The first-order valence-corrected chi connectivity index (χ1v) is 4.15. The summed E-state index contributed by atoms with van der Waals surface area (Å²) in [5.74, 6) is 0. The van der Waals surface area contributed by atoms with Gasteiger partial charge in [-0.3, -0.25) is 4.79 Å². The third kappa shape index (κ3) is 1.22. The lowest BCUT2D eigenvalue weighted by atomic mass is 10.2. The van der Waals surface area contributed by atoms with Crippen molar-refractivity contribution in [2.24, 2.45) is 0 Å². The van der Waals surface area contributed by atoms with E-state index in [9.17, 15) is 4.79 Å². The maximum absolute atomic E-state index is 11.3. The van der Waals surface area contributed by atoms with Crippen LogP contribution in [0.15, 0.2) is 23.0 Å². The van der Waals surface area contributed by atoms with Crippen molar-refractivity contribution >= 4 is 11.0 Å². The van der Waals surface area contributed by atoms with Gasteiger partial charge < -0.3 is 4.98 Å². The molecule has 3 heteroatoms. The molecule has 1 heterocycles. The predicted molar refractivity (Wildman–Crippen MR) is 51.8 cm³/mol. The number of aromatic amines is 1. The van der Waals surface area contributed by atoms with Gasteiger partial charge in [-0.25, -0.2) is 4.98 Å². The standard InChI is InChI=1S/C10H10N2O/c1-6-4-3-5-8-9(6)12-10(13)7(2)11-8/h3-5H,1-2H3,(H,12,13). The minimum atomic E-state index is -0.109. The average molecular weight is 174 g/mol. The topological polar surface area (TPSA) is 45.8 Å². The van der Waals surface area contributed by atoms with Gasteiger partial charge in [0.15, 0.2) is 0 Å². The molecule has 3 nitrogen and oxygen atoms in total. The summed E-state index contributed by atoms with van der Waals surface area (Å²) in [6.07, 6.45) is 0. The van der Waals surface area contributed by atoms with E-state index in [1.807, 2.05) is 25.1 Å². The van der Waals surface area contributed by atoms with Crippen molar-refractivity contribution in [1.29, 1.82) is 0 Å². The number of rotatable bonds is 0. The molecule has 1 aromatic carbocycles. The van der Waals surface area contributed by atoms with E-state index in [0.717, 1.165) is 16.6 Å². The number of hydrogen-bond acceptors (Lipinski definition) is 2. The summed E-state index contributed by atoms with van der Waals surface area (Å²) in [6.45, 7) is 3.66. The SMILES string of the molecule is Cc1nc2cccc(C)c2[nH]c1=O. The fourth-order valence-corrected chi connectivity index (χ4v) is 1.34. The van der Waals surface area contributed by atoms with Gasteiger partial charge in [0.05, 0.1) is 11.0 Å². The Balaban J connectivity index is 2.97. The Labute approximate surface area is 75.4 Å². The first-order valence-electron chi connectivity index (χ1n) is 4.15. The monoisotopic (exact) mass is 174 g/mol. The molecule has 0 bridgehead atoms. The van der Waals surface area contributed by atoms with E-state index in [-0.39, 0.29) is 5.56 Å². The molecule has 0 radical (unpaired) electrons. The minimum absolute atomic E-state index is 0.109. The highest BCUT2D eigenvalue weighted by Gasteiger charge is 2.00. The van der Waals surface area contributed by atoms with Crippen LogP contribution in [-0.2, 0) is 0 Å². The van der Waals surface area contributed by atoms with Crippen LogP contribution in [0.5, 0.6) is 0 Å². The molecule has 0 aliphatic heterocycles. The van der Waals surface area contributed by atoms with Crippen LogP contribution in [0.2, 0.25) is 0 Å². The summed E-state index contributed by atoms with van der Waals surface area (Å²) in [4.78, 5) is 18.3. The molecule has 0 atom stereocenters. The molecule has 0 aliphatic rings. The van der Waals surface area contributed by atoms with Gasteiger partial charge in [-0.05, 0) is 25.5 Å². The van der Waals surface area contributed by atoms with Crippen molar-refractivity contribution in [3.63, 3.8) is 0 Å². The lowest BCUT2D eigenvalue weighted by Crippen LogP contribution is -2.11. The normalized spacial score (nSPS) is 10.6. The molecule has 0 fully saturated rings. The second-order valence-corrected chi connectivity index (χ2v) is 3.12. The number of nitrogens with one attached hydrogen (secondary N) is 1. The Bertz CT molecular complexity index is 514. The summed E-state index contributed by atoms with van der Waals surface area (Å²) < 4.78 is 0. The quantitative estimate of drug-likeness (QED) is 0.658. The van der Waals surface area contributed by atoms with Crippen molar-refractivity contribution in [3.05, 3.63) is 39.8 Å². The van der Waals surface area contributed by atoms with Gasteiger partial charge in [0, 0.05) is 0 Å². The number of H-pyrrole nitrogens is 1. The molecule has 1 aromatic heterocycles. The highest BCUT2D eigenvalue weighted by molar-refractivity contribution is 5.77. The molecule has 0 saturated carbocycles. The van der Waals surface area contributed by atoms with E-state index in [0.29, 0.717) is 5.69 Å². The van der Waals surface area contributed by atoms with E-state index < -0.39 is 0 Å². The van der Waals surface area contributed by atoms with Crippen molar-refractivity contribution in [1.82, 2.24) is 9.97 Å². The third-order valence-corrected chi connectivity index (χ3v) is 2.11. The van der Waals surface area contributed by atoms with Gasteiger partial charge >= 0.3 is 0 Å². The Morgan fingerprint density at radius 3 is 2.85 bits per heavy atom. The molecule has 13 heavy (non-hydrogen) atoms. The number of aryl methyl sites for hydroxylation is 2. The van der Waals surface area contributed by atoms with Crippen LogP contribution in [0.1, 0.15) is 11.3 Å². The van der Waals surface area contributed by atoms with Gasteiger partial charge in [0.2, 0.25) is 0 Å². The largest absolute Gasteiger partial charge is 0.319 e. The van der Waals surface area contributed by atoms with Gasteiger partial charge in [-0.2, -0.15) is 0 Å². The third-order valence-electron chi connectivity index (χ3n) is 2.11. The summed E-state index contributed by atoms with van der Waals surface area (Å²) in [5.41, 5.74) is 3.12. The van der Waals surface area contributed by atoms with Crippen molar-refractivity contribution < 1.29 is 0 Å². The predicted octanol–water partition coefficient (Wildman–Crippen LogP) is 1.54. The van der Waals surface area contributed by atoms with Crippen molar-refractivity contribution in [2.75, 3.05) is 0 Å². The highest BCUT2D eigenvalue weighted by Crippen LogP contribution is 2.11. The Morgan fingerprint density at radius 1 is 1.31 bits per heavy atom. The first-order chi connectivity index (χ1) is 6.18. The van der Waals surface area contributed by atoms with E-state index >= 15 is 0 Å². The Kier molecular flexibility index (Phi) is 1.65. The molecular weight excluding hydrogens is 164 g/mol. The number of hydrogen-bond donors (Lipinski definition) is 1. The van der Waals surface area contributed by atoms with Gasteiger partial charge in [-0.1, -0.05) is 12.1 Å². The maximum Gasteiger partial charge on any atom is 0.269 e. The van der Waals surface area contributed by atoms with Crippen LogP contribution in [0, 0.1) is 13.8 Å². The molecule has 0 amide bonds. The smallest absolute Gasteiger partial charge is 0.269 e. The fourth-order valence-electron chi connectivity index (χ4n) is 1.34. The Morgan fingerprint density at radius 2 is 2.08 bits per heavy atom. The van der Waals surface area contributed by atoms with Crippen LogP contribution in [0.25, 0.3) is 11.0 Å². The van der Waals surface area contributed by atoms with Crippen LogP contribution in [-0.4, -0.2) is 9.97 Å². The first kappa shape index (κ1) is 7.98. The highest BCUT2D eigenvalue weighted by atomic mass is 16.1.